The fraction of sp³-hybridized carbons (Fsp3) is 0.387. The van der Waals surface area contributed by atoms with Crippen molar-refractivity contribution >= 4 is 33.7 Å². The molecule has 78 heavy (non-hydrogen) atoms. The van der Waals surface area contributed by atoms with Crippen LogP contribution in [0.15, 0.2) is 211 Å². The normalized spacial score (nSPS) is 22.5. The van der Waals surface area contributed by atoms with Crippen LogP contribution < -0.4 is 29.6 Å². The van der Waals surface area contributed by atoms with E-state index in [1.165, 1.54) is 29.4 Å². The van der Waals surface area contributed by atoms with Gasteiger partial charge in [-0.2, -0.15) is 0 Å². The molecule has 0 amide bonds. The van der Waals surface area contributed by atoms with E-state index in [0.717, 1.165) is 13.8 Å². The number of benzene rings is 6. The Balaban J connectivity index is 0.000000190. The maximum absolute atomic E-state index is 13.0. The average molecular weight is 1120 g/mol. The van der Waals surface area contributed by atoms with Crippen LogP contribution >= 0.6 is 0 Å². The Bertz CT molecular complexity index is 2340. The smallest absolute Gasteiger partial charge is 0.870 e. The molecule has 0 aromatic heterocycles. The van der Waals surface area contributed by atoms with Gasteiger partial charge in [-0.1, -0.05) is 109 Å². The minimum Gasteiger partial charge on any atom is -0.870 e. The van der Waals surface area contributed by atoms with Gasteiger partial charge in [-0.05, 0) is 119 Å². The summed E-state index contributed by atoms with van der Waals surface area (Å²) in [5.74, 6) is -8.58. The monoisotopic (exact) mass is 1120 g/mol. The Hall–Kier alpha value is -4.52. The van der Waals surface area contributed by atoms with E-state index in [1.54, 1.807) is 6.92 Å². The number of rotatable bonds is 13. The van der Waals surface area contributed by atoms with Crippen LogP contribution in [-0.2, 0) is 55.1 Å². The van der Waals surface area contributed by atoms with Gasteiger partial charge in [0.05, 0.1) is 65.7 Å². The van der Waals surface area contributed by atoms with Crippen molar-refractivity contribution in [1.29, 1.82) is 0 Å². The number of hydrogen-bond acceptors (Lipinski definition) is 8. The maximum atomic E-state index is 13.0. The number of halogens is 4. The number of aliphatic carboxylic acids is 1. The van der Waals surface area contributed by atoms with Crippen LogP contribution in [0.5, 0.6) is 0 Å². The second-order valence-electron chi connectivity index (χ2n) is 19.6. The number of carbonyl (C=O) groups excluding carboxylic acids is 1. The summed E-state index contributed by atoms with van der Waals surface area (Å²) in [4.78, 5) is 30.6. The van der Waals surface area contributed by atoms with Crippen molar-refractivity contribution in [2.24, 2.45) is 11.8 Å². The second kappa shape index (κ2) is 30.9. The zero-order valence-electron chi connectivity index (χ0n) is 44.9. The largest absolute Gasteiger partial charge is 1.00 e. The molecule has 0 radical (unpaired) electrons. The Morgan fingerprint density at radius 1 is 0.513 bits per heavy atom. The summed E-state index contributed by atoms with van der Waals surface area (Å²) < 4.78 is 79.2. The number of ether oxygens (including phenoxy) is 5. The standard InChI is InChI=1S/2C18H15S.C14H22F2O4.C12H18F2O4.Na.H2O/c2*1-4-10-16(11-5-1)19(17-12-6-2-7-13-17)18-14-8-3-9-15-18;1-3-18-12(17)10-4-6-14(7-5-10)19-9-11(20-14)8-13(2,15)16;1-11(13,14)6-9-7-17-12(18-9)4-2-8(3-5-12)10(15)16;;/h2*1-15H;10-11H,3-9H2,1-2H3;8-9H,2-7H2,1H3,(H,15,16);;1H2/q2*+1;;;+1;/p-1. The van der Waals surface area contributed by atoms with E-state index >= 15 is 0 Å². The first-order chi connectivity index (χ1) is 36.5. The van der Waals surface area contributed by atoms with Crippen molar-refractivity contribution < 1.29 is 91.0 Å². The van der Waals surface area contributed by atoms with Gasteiger partial charge < -0.3 is 34.3 Å². The molecular weight excluding hydrogens is 1050 g/mol. The van der Waals surface area contributed by atoms with Crippen molar-refractivity contribution in [3.05, 3.63) is 182 Å². The Morgan fingerprint density at radius 3 is 1.00 bits per heavy atom. The summed E-state index contributed by atoms with van der Waals surface area (Å²) in [6, 6.07) is 64.3. The van der Waals surface area contributed by atoms with E-state index in [9.17, 15) is 27.2 Å². The fourth-order valence-electron chi connectivity index (χ4n) is 9.77. The van der Waals surface area contributed by atoms with E-state index in [2.05, 4.69) is 182 Å². The molecule has 6 aromatic carbocycles. The fourth-order valence-corrected chi connectivity index (χ4v) is 14.0. The molecule has 6 aromatic rings. The van der Waals surface area contributed by atoms with Crippen LogP contribution in [0, 0.1) is 11.8 Å². The summed E-state index contributed by atoms with van der Waals surface area (Å²) in [7, 11) is -0.0293. The van der Waals surface area contributed by atoms with Gasteiger partial charge in [0, 0.05) is 38.5 Å². The minimum absolute atomic E-state index is 0. The predicted octanol–water partition coefficient (Wildman–Crippen LogP) is 11.7. The van der Waals surface area contributed by atoms with Crippen LogP contribution in [0.25, 0.3) is 0 Å². The van der Waals surface area contributed by atoms with Crippen molar-refractivity contribution in [2.45, 2.75) is 150 Å². The van der Waals surface area contributed by atoms with E-state index in [1.807, 2.05) is 0 Å². The molecule has 2 atom stereocenters. The molecule has 16 heteroatoms. The topological polar surface area (TPSA) is 131 Å². The molecule has 10 rings (SSSR count). The molecule has 0 bridgehead atoms. The van der Waals surface area contributed by atoms with Gasteiger partial charge in [0.1, 0.15) is 0 Å². The van der Waals surface area contributed by atoms with Gasteiger partial charge in [-0.15, -0.1) is 0 Å². The summed E-state index contributed by atoms with van der Waals surface area (Å²) in [6.07, 6.45) is 2.42. The quantitative estimate of drug-likeness (QED) is 0.0520. The second-order valence-corrected chi connectivity index (χ2v) is 23.7. The zero-order valence-corrected chi connectivity index (χ0v) is 48.5. The van der Waals surface area contributed by atoms with E-state index in [-0.39, 0.29) is 101 Å². The van der Waals surface area contributed by atoms with Gasteiger partial charge in [0.2, 0.25) is 11.8 Å². The molecule has 2 spiro atoms. The molecule has 2 aliphatic carbocycles. The molecule has 2 aliphatic heterocycles. The van der Waals surface area contributed by atoms with Gasteiger partial charge in [-0.25, -0.2) is 17.6 Å². The molecule has 4 aliphatic rings. The van der Waals surface area contributed by atoms with E-state index < -0.39 is 41.6 Å². The van der Waals surface area contributed by atoms with Gasteiger partial charge >= 0.3 is 41.5 Å². The number of hydrogen-bond donors (Lipinski definition) is 1. The Labute approximate surface area is 485 Å². The zero-order chi connectivity index (χ0) is 54.0. The number of carboxylic acid groups (broad SMARTS) is 1. The molecule has 4 fully saturated rings. The summed E-state index contributed by atoms with van der Waals surface area (Å²) >= 11 is 0. The van der Waals surface area contributed by atoms with Crippen molar-refractivity contribution in [2.75, 3.05) is 19.8 Å². The number of esters is 1. The third-order valence-corrected chi connectivity index (χ3v) is 17.8. The van der Waals surface area contributed by atoms with E-state index in [0.29, 0.717) is 58.0 Å². The molecule has 2 heterocycles. The summed E-state index contributed by atoms with van der Waals surface area (Å²) in [5, 5.41) is 8.89. The first-order valence-corrected chi connectivity index (χ1v) is 28.6. The first-order valence-electron chi connectivity index (χ1n) is 26.1. The molecular formula is C62H71F4NaO9S2+2. The minimum atomic E-state index is -2.77. The molecule has 2 saturated carbocycles. The average Bonchev–Trinajstić information content (AvgIpc) is 4.00. The van der Waals surface area contributed by atoms with Gasteiger partial charge in [0.15, 0.2) is 40.9 Å². The van der Waals surface area contributed by atoms with Crippen LogP contribution in [0.2, 0.25) is 0 Å². The van der Waals surface area contributed by atoms with Crippen molar-refractivity contribution in [1.82, 2.24) is 0 Å². The predicted molar refractivity (Wildman–Crippen MR) is 291 cm³/mol. The third-order valence-electron chi connectivity index (χ3n) is 13.3. The summed E-state index contributed by atoms with van der Waals surface area (Å²) in [6.45, 7) is 4.28. The van der Waals surface area contributed by atoms with Crippen LogP contribution in [0.3, 0.4) is 0 Å². The third kappa shape index (κ3) is 19.6. The molecule has 2 saturated heterocycles. The van der Waals surface area contributed by atoms with Gasteiger partial charge in [0.25, 0.3) is 0 Å². The molecule has 412 valence electrons. The van der Waals surface area contributed by atoms with Crippen LogP contribution in [-0.4, -0.2) is 78.0 Å². The first kappa shape index (κ1) is 64.3. The van der Waals surface area contributed by atoms with Crippen molar-refractivity contribution in [3.8, 4) is 0 Å². The van der Waals surface area contributed by atoms with Gasteiger partial charge in [-0.3, -0.25) is 9.59 Å². The van der Waals surface area contributed by atoms with Crippen molar-refractivity contribution in [3.63, 3.8) is 0 Å². The van der Waals surface area contributed by atoms with Crippen LogP contribution in [0.4, 0.5) is 17.6 Å². The number of carbonyl (C=O) groups is 2. The maximum Gasteiger partial charge on any atom is 1.00 e. The Kier molecular flexibility index (Phi) is 25.5. The molecule has 2 unspecified atom stereocenters. The number of alkyl halides is 4. The number of carboxylic acids is 1. The Morgan fingerprint density at radius 2 is 0.769 bits per heavy atom. The molecule has 9 nitrogen and oxygen atoms in total. The summed E-state index contributed by atoms with van der Waals surface area (Å²) in [5.41, 5.74) is 0. The van der Waals surface area contributed by atoms with E-state index in [4.69, 9.17) is 28.8 Å². The molecule has 2 N–H and O–H groups in total. The van der Waals surface area contributed by atoms with Crippen LogP contribution in [0.1, 0.15) is 85.0 Å². The SMILES string of the molecule is CC(F)(F)CC1COC2(CCC(C(=O)O)CC2)O1.CCOC(=O)C1CCC2(CC1)OCC(CC(C)(F)F)O2.[Na+].[OH-].c1ccc([S+](c2ccccc2)c2ccccc2)cc1.c1ccc([S+](c2ccccc2)c2ccccc2)cc1.